The summed E-state index contributed by atoms with van der Waals surface area (Å²) in [5.41, 5.74) is 0. The molecule has 1 fully saturated rings. The van der Waals surface area contributed by atoms with Crippen LogP contribution in [-0.2, 0) is 9.84 Å². The van der Waals surface area contributed by atoms with Gasteiger partial charge in [-0.15, -0.1) is 0 Å². The number of hydrogen-bond donors (Lipinski definition) is 2. The summed E-state index contributed by atoms with van der Waals surface area (Å²) in [6.07, 6.45) is 1.78. The zero-order valence-electron chi connectivity index (χ0n) is 15.9. The van der Waals surface area contributed by atoms with Crippen LogP contribution in [0.2, 0.25) is 0 Å². The lowest BCUT2D eigenvalue weighted by Crippen LogP contribution is -2.57. The Kier molecular flexibility index (Phi) is 7.99. The first-order valence-corrected chi connectivity index (χ1v) is 10.6. The van der Waals surface area contributed by atoms with Crippen molar-refractivity contribution in [1.29, 1.82) is 0 Å². The fourth-order valence-corrected chi connectivity index (χ4v) is 4.46. The van der Waals surface area contributed by atoms with E-state index in [4.69, 9.17) is 4.99 Å². The van der Waals surface area contributed by atoms with Crippen LogP contribution in [0.1, 0.15) is 47.5 Å². The maximum Gasteiger partial charge on any atom is 0.194 e. The second-order valence-electron chi connectivity index (χ2n) is 7.70. The molecule has 1 heterocycles. The Balaban J connectivity index is 2.85. The van der Waals surface area contributed by atoms with Gasteiger partial charge in [0.2, 0.25) is 0 Å². The van der Waals surface area contributed by atoms with E-state index in [1.165, 1.54) is 0 Å². The summed E-state index contributed by atoms with van der Waals surface area (Å²) in [7, 11) is -3.06. The minimum atomic E-state index is -3.06. The van der Waals surface area contributed by atoms with E-state index >= 15 is 0 Å². The molecule has 1 rings (SSSR count). The number of guanidine groups is 1. The average Bonchev–Trinajstić information content (AvgIpc) is 2.46. The van der Waals surface area contributed by atoms with Crippen molar-refractivity contribution >= 4 is 15.8 Å². The summed E-state index contributed by atoms with van der Waals surface area (Å²) in [5.74, 6) is 1.87. The third-order valence-corrected chi connectivity index (χ3v) is 7.05. The van der Waals surface area contributed by atoms with Gasteiger partial charge in [0.1, 0.15) is 0 Å². The van der Waals surface area contributed by atoms with Crippen molar-refractivity contribution < 1.29 is 13.5 Å². The van der Waals surface area contributed by atoms with Gasteiger partial charge in [-0.1, -0.05) is 13.8 Å². The summed E-state index contributed by atoms with van der Waals surface area (Å²) in [6, 6.07) is 0. The molecule has 0 aromatic rings. The Morgan fingerprint density at radius 3 is 2.54 bits per heavy atom. The summed E-state index contributed by atoms with van der Waals surface area (Å²) in [6.45, 7) is 12.5. The molecule has 24 heavy (non-hydrogen) atoms. The van der Waals surface area contributed by atoms with Crippen LogP contribution in [0.5, 0.6) is 0 Å². The molecule has 0 saturated carbocycles. The maximum absolute atomic E-state index is 12.2. The number of nitrogens with zero attached hydrogens (tertiary/aromatic N) is 2. The van der Waals surface area contributed by atoms with Crippen LogP contribution in [0, 0.1) is 11.8 Å². The van der Waals surface area contributed by atoms with E-state index < -0.39 is 14.6 Å². The normalized spacial score (nSPS) is 21.8. The van der Waals surface area contributed by atoms with Gasteiger partial charge in [-0.3, -0.25) is 4.99 Å². The number of nitrogens with one attached hydrogen (secondary N) is 1. The third-order valence-electron chi connectivity index (χ3n) is 4.52. The van der Waals surface area contributed by atoms with E-state index in [1.807, 2.05) is 6.92 Å². The molecule has 0 spiro atoms. The van der Waals surface area contributed by atoms with E-state index in [0.29, 0.717) is 31.5 Å². The van der Waals surface area contributed by atoms with E-state index in [2.05, 4.69) is 24.1 Å². The van der Waals surface area contributed by atoms with Gasteiger partial charge in [0.25, 0.3) is 0 Å². The van der Waals surface area contributed by atoms with Crippen molar-refractivity contribution in [1.82, 2.24) is 10.2 Å². The van der Waals surface area contributed by atoms with Crippen molar-refractivity contribution in [2.75, 3.05) is 38.5 Å². The predicted octanol–water partition coefficient (Wildman–Crippen LogP) is 1.51. The molecular formula is C17H35N3O3S. The van der Waals surface area contributed by atoms with Gasteiger partial charge in [0.05, 0.1) is 10.5 Å². The van der Waals surface area contributed by atoms with Crippen molar-refractivity contribution in [3.63, 3.8) is 0 Å². The first-order valence-electron chi connectivity index (χ1n) is 8.99. The molecule has 1 atom stereocenters. The third kappa shape index (κ3) is 5.92. The first kappa shape index (κ1) is 21.2. The summed E-state index contributed by atoms with van der Waals surface area (Å²) >= 11 is 0. The minimum Gasteiger partial charge on any atom is -0.396 e. The van der Waals surface area contributed by atoms with Crippen LogP contribution < -0.4 is 5.32 Å². The topological polar surface area (TPSA) is 82.0 Å². The van der Waals surface area contributed by atoms with E-state index in [0.717, 1.165) is 25.3 Å². The lowest BCUT2D eigenvalue weighted by atomic mass is 9.94. The van der Waals surface area contributed by atoms with E-state index in [9.17, 15) is 13.5 Å². The fourth-order valence-electron chi connectivity index (χ4n) is 3.10. The van der Waals surface area contributed by atoms with Gasteiger partial charge in [0, 0.05) is 32.8 Å². The molecule has 142 valence electrons. The van der Waals surface area contributed by atoms with E-state index in [1.54, 1.807) is 13.8 Å². The van der Waals surface area contributed by atoms with Gasteiger partial charge in [-0.05, 0) is 45.4 Å². The van der Waals surface area contributed by atoms with Crippen LogP contribution in [0.15, 0.2) is 4.99 Å². The zero-order chi connectivity index (χ0) is 18.4. The number of aliphatic imine (C=N–C) groups is 1. The van der Waals surface area contributed by atoms with Gasteiger partial charge >= 0.3 is 0 Å². The Labute approximate surface area is 147 Å². The lowest BCUT2D eigenvalue weighted by Gasteiger charge is -2.39. The highest BCUT2D eigenvalue weighted by Crippen LogP contribution is 2.24. The highest BCUT2D eigenvalue weighted by atomic mass is 32.2. The number of aliphatic hydroxyl groups is 1. The molecule has 0 bridgehead atoms. The van der Waals surface area contributed by atoms with Gasteiger partial charge in [-0.25, -0.2) is 8.42 Å². The minimum absolute atomic E-state index is 0.163. The summed E-state index contributed by atoms with van der Waals surface area (Å²) in [5, 5.41) is 12.5. The standard InChI is InChI=1S/C17H35N3O3S/c1-6-18-16(19-12-15(7-9-21)11-14(2)3)20-8-10-24(22,23)17(4,5)13-20/h14-15,21H,6-13H2,1-5H3,(H,18,19). The molecule has 0 radical (unpaired) electrons. The second kappa shape index (κ2) is 9.04. The highest BCUT2D eigenvalue weighted by Gasteiger charge is 2.40. The SMILES string of the molecule is CCNC(=NCC(CCO)CC(C)C)N1CCS(=O)(=O)C(C)(C)C1. The van der Waals surface area contributed by atoms with Crippen molar-refractivity contribution in [2.45, 2.75) is 52.2 Å². The van der Waals surface area contributed by atoms with Crippen molar-refractivity contribution in [2.24, 2.45) is 16.8 Å². The lowest BCUT2D eigenvalue weighted by molar-refractivity contribution is 0.245. The van der Waals surface area contributed by atoms with Crippen LogP contribution in [-0.4, -0.2) is 67.7 Å². The Bertz CT molecular complexity index is 515. The van der Waals surface area contributed by atoms with Gasteiger partial charge in [-0.2, -0.15) is 0 Å². The molecule has 0 aromatic heterocycles. The number of hydrogen-bond acceptors (Lipinski definition) is 4. The first-order chi connectivity index (χ1) is 11.1. The molecule has 1 aliphatic rings. The predicted molar refractivity (Wildman–Crippen MR) is 100 cm³/mol. The molecule has 1 saturated heterocycles. The monoisotopic (exact) mass is 361 g/mol. The smallest absolute Gasteiger partial charge is 0.194 e. The molecule has 1 aliphatic heterocycles. The van der Waals surface area contributed by atoms with Crippen LogP contribution in [0.3, 0.4) is 0 Å². The quantitative estimate of drug-likeness (QED) is 0.530. The molecule has 1 unspecified atom stereocenters. The number of rotatable bonds is 7. The van der Waals surface area contributed by atoms with Crippen molar-refractivity contribution in [3.8, 4) is 0 Å². The van der Waals surface area contributed by atoms with Crippen LogP contribution in [0.25, 0.3) is 0 Å². The second-order valence-corrected chi connectivity index (χ2v) is 10.4. The molecule has 0 amide bonds. The highest BCUT2D eigenvalue weighted by molar-refractivity contribution is 7.92. The number of sulfone groups is 1. The Morgan fingerprint density at radius 1 is 1.38 bits per heavy atom. The largest absolute Gasteiger partial charge is 0.396 e. The zero-order valence-corrected chi connectivity index (χ0v) is 16.7. The molecule has 2 N–H and O–H groups in total. The average molecular weight is 362 g/mol. The van der Waals surface area contributed by atoms with E-state index in [-0.39, 0.29) is 12.4 Å². The Morgan fingerprint density at radius 2 is 2.04 bits per heavy atom. The Hall–Kier alpha value is -0.820. The van der Waals surface area contributed by atoms with Gasteiger partial charge in [0.15, 0.2) is 15.8 Å². The molecule has 0 aromatic carbocycles. The molecule has 0 aliphatic carbocycles. The van der Waals surface area contributed by atoms with Crippen molar-refractivity contribution in [3.05, 3.63) is 0 Å². The van der Waals surface area contributed by atoms with Crippen LogP contribution >= 0.6 is 0 Å². The van der Waals surface area contributed by atoms with Gasteiger partial charge < -0.3 is 15.3 Å². The molecule has 6 nitrogen and oxygen atoms in total. The summed E-state index contributed by atoms with van der Waals surface area (Å²) in [4.78, 5) is 6.80. The van der Waals surface area contributed by atoms with Crippen LogP contribution in [0.4, 0.5) is 0 Å². The number of aliphatic hydroxyl groups excluding tert-OH is 1. The maximum atomic E-state index is 12.2. The molecule has 7 heteroatoms. The summed E-state index contributed by atoms with van der Waals surface area (Å²) < 4.78 is 23.6. The fraction of sp³-hybridized carbons (Fsp3) is 0.941. The molecular weight excluding hydrogens is 326 g/mol.